The van der Waals surface area contributed by atoms with Crippen LogP contribution in [0.2, 0.25) is 5.02 Å². The van der Waals surface area contributed by atoms with Crippen molar-refractivity contribution >= 4 is 27.5 Å². The molecule has 0 saturated carbocycles. The van der Waals surface area contributed by atoms with Gasteiger partial charge < -0.3 is 5.32 Å². The van der Waals surface area contributed by atoms with E-state index in [4.69, 9.17) is 11.6 Å². The summed E-state index contributed by atoms with van der Waals surface area (Å²) in [6, 6.07) is 10.2. The highest BCUT2D eigenvalue weighted by Crippen LogP contribution is 2.37. The van der Waals surface area contributed by atoms with Crippen molar-refractivity contribution in [1.82, 2.24) is 9.62 Å². The van der Waals surface area contributed by atoms with Crippen LogP contribution in [0.15, 0.2) is 42.5 Å². The number of sulfonamides is 1. The first-order valence-corrected chi connectivity index (χ1v) is 12.1. The third kappa shape index (κ3) is 5.07. The van der Waals surface area contributed by atoms with Gasteiger partial charge in [0.25, 0.3) is 5.91 Å². The summed E-state index contributed by atoms with van der Waals surface area (Å²) in [5.41, 5.74) is -0.685. The molecule has 0 radical (unpaired) electrons. The van der Waals surface area contributed by atoms with Crippen molar-refractivity contribution in [2.45, 2.75) is 31.6 Å². The van der Waals surface area contributed by atoms with Crippen LogP contribution in [0.1, 0.15) is 42.1 Å². The smallest absolute Gasteiger partial charge is 0.255 e. The van der Waals surface area contributed by atoms with Crippen LogP contribution in [0.4, 0.5) is 8.78 Å². The minimum Gasteiger partial charge on any atom is -0.351 e. The quantitative estimate of drug-likeness (QED) is 0.662. The summed E-state index contributed by atoms with van der Waals surface area (Å²) < 4.78 is 55.2. The van der Waals surface area contributed by atoms with Gasteiger partial charge in [0.05, 0.1) is 16.3 Å². The molecule has 2 aromatic carbocycles. The highest BCUT2D eigenvalue weighted by Gasteiger charge is 2.41. The molecule has 5 nitrogen and oxygen atoms in total. The number of benzene rings is 2. The Morgan fingerprint density at radius 3 is 2.35 bits per heavy atom. The van der Waals surface area contributed by atoms with E-state index in [1.807, 2.05) is 0 Å². The number of nitrogens with zero attached hydrogens (tertiary/aromatic N) is 1. The van der Waals surface area contributed by atoms with Crippen LogP contribution in [0, 0.1) is 11.6 Å². The first kappa shape index (κ1) is 23.6. The van der Waals surface area contributed by atoms with Crippen molar-refractivity contribution in [2.75, 3.05) is 25.4 Å². The molecule has 1 heterocycles. The number of carbonyl (C=O) groups excluding carboxylic acids is 1. The average Bonchev–Trinajstić information content (AvgIpc) is 2.73. The summed E-state index contributed by atoms with van der Waals surface area (Å²) in [5.74, 6) is -1.81. The van der Waals surface area contributed by atoms with Crippen molar-refractivity contribution in [3.63, 3.8) is 0 Å². The van der Waals surface area contributed by atoms with Gasteiger partial charge in [-0.1, -0.05) is 42.8 Å². The van der Waals surface area contributed by atoms with Crippen LogP contribution < -0.4 is 5.32 Å². The van der Waals surface area contributed by atoms with Gasteiger partial charge in [-0.3, -0.25) is 4.79 Å². The second kappa shape index (κ2) is 9.63. The van der Waals surface area contributed by atoms with Gasteiger partial charge in [-0.25, -0.2) is 21.5 Å². The Balaban J connectivity index is 1.86. The summed E-state index contributed by atoms with van der Waals surface area (Å²) in [6.45, 7) is 2.26. The largest absolute Gasteiger partial charge is 0.351 e. The fourth-order valence-electron chi connectivity index (χ4n) is 4.06. The van der Waals surface area contributed by atoms with E-state index < -0.39 is 33.0 Å². The Labute approximate surface area is 186 Å². The highest BCUT2D eigenvalue weighted by molar-refractivity contribution is 7.89. The lowest BCUT2D eigenvalue weighted by molar-refractivity contribution is 0.0928. The van der Waals surface area contributed by atoms with Crippen LogP contribution in [-0.2, 0) is 15.4 Å². The van der Waals surface area contributed by atoms with Crippen LogP contribution in [-0.4, -0.2) is 44.0 Å². The van der Waals surface area contributed by atoms with E-state index in [0.717, 1.165) is 6.07 Å². The van der Waals surface area contributed by atoms with Crippen molar-refractivity contribution in [3.05, 3.63) is 70.2 Å². The van der Waals surface area contributed by atoms with Gasteiger partial charge in [-0.05, 0) is 43.0 Å². The molecule has 2 aromatic rings. The Morgan fingerprint density at radius 2 is 1.74 bits per heavy atom. The van der Waals surface area contributed by atoms with Crippen LogP contribution in [0.25, 0.3) is 0 Å². The predicted octanol–water partition coefficient (Wildman–Crippen LogP) is 4.12. The number of nitrogens with one attached hydrogen (secondary N) is 1. The molecule has 1 saturated heterocycles. The van der Waals surface area contributed by atoms with Gasteiger partial charge in [0.2, 0.25) is 10.0 Å². The maximum absolute atomic E-state index is 14.7. The van der Waals surface area contributed by atoms with Crippen molar-refractivity contribution in [3.8, 4) is 0 Å². The summed E-state index contributed by atoms with van der Waals surface area (Å²) in [5, 5.41) is 2.68. The molecule has 0 atom stereocenters. The van der Waals surface area contributed by atoms with E-state index in [1.165, 1.54) is 22.5 Å². The molecule has 0 unspecified atom stereocenters. The number of hydrogen-bond donors (Lipinski definition) is 1. The molecule has 1 N–H and O–H groups in total. The van der Waals surface area contributed by atoms with Gasteiger partial charge >= 0.3 is 0 Å². The van der Waals surface area contributed by atoms with Gasteiger partial charge in [0.1, 0.15) is 11.6 Å². The second-order valence-electron chi connectivity index (χ2n) is 7.75. The third-order valence-corrected chi connectivity index (χ3v) is 8.15. The van der Waals surface area contributed by atoms with Crippen molar-refractivity contribution in [1.29, 1.82) is 0 Å². The lowest BCUT2D eigenvalue weighted by Gasteiger charge is -2.42. The zero-order valence-corrected chi connectivity index (χ0v) is 18.8. The predicted molar refractivity (Wildman–Crippen MR) is 117 cm³/mol. The lowest BCUT2D eigenvalue weighted by Crippen LogP contribution is -2.51. The maximum Gasteiger partial charge on any atom is 0.255 e. The molecule has 1 fully saturated rings. The molecular formula is C22H25ClF2N2O3S. The van der Waals surface area contributed by atoms with Gasteiger partial charge in [-0.2, -0.15) is 0 Å². The topological polar surface area (TPSA) is 66.5 Å². The number of piperidine rings is 1. The van der Waals surface area contributed by atoms with Crippen molar-refractivity contribution in [2.24, 2.45) is 0 Å². The Hall–Kier alpha value is -2.03. The van der Waals surface area contributed by atoms with E-state index in [0.29, 0.717) is 24.8 Å². The molecule has 9 heteroatoms. The fourth-order valence-corrected chi connectivity index (χ4v) is 5.83. The summed E-state index contributed by atoms with van der Waals surface area (Å²) >= 11 is 5.99. The Kier molecular flexibility index (Phi) is 7.34. The zero-order chi connectivity index (χ0) is 22.6. The molecule has 0 bridgehead atoms. The highest BCUT2D eigenvalue weighted by atomic mass is 35.5. The number of carbonyl (C=O) groups is 1. The molecule has 3 rings (SSSR count). The lowest BCUT2D eigenvalue weighted by atomic mass is 9.72. The molecule has 168 valence electrons. The monoisotopic (exact) mass is 470 g/mol. The molecule has 1 amide bonds. The standard InChI is InChI=1S/C22H25ClF2N2O3S/c1-2-14-31(29,30)27-12-10-22(11-13-27,16-6-3-4-8-18(16)24)15-26-21(28)20-17(23)7-5-9-19(20)25/h3-9H,2,10-15H2,1H3,(H,26,28). The van der Waals surface area contributed by atoms with Gasteiger partial charge in [0, 0.05) is 25.0 Å². The minimum absolute atomic E-state index is 0.0158. The molecule has 1 aliphatic rings. The van der Waals surface area contributed by atoms with E-state index in [-0.39, 0.29) is 36.0 Å². The Bertz CT molecular complexity index is 1030. The maximum atomic E-state index is 14.7. The number of rotatable bonds is 7. The van der Waals surface area contributed by atoms with Gasteiger partial charge in [0.15, 0.2) is 0 Å². The molecule has 0 aromatic heterocycles. The van der Waals surface area contributed by atoms with E-state index in [1.54, 1.807) is 25.1 Å². The number of halogens is 3. The fraction of sp³-hybridized carbons (Fsp3) is 0.409. The van der Waals surface area contributed by atoms with Crippen LogP contribution in [0.5, 0.6) is 0 Å². The number of amides is 1. The summed E-state index contributed by atoms with van der Waals surface area (Å²) in [4.78, 5) is 12.7. The average molecular weight is 471 g/mol. The van der Waals surface area contributed by atoms with E-state index >= 15 is 0 Å². The van der Waals surface area contributed by atoms with E-state index in [9.17, 15) is 22.0 Å². The minimum atomic E-state index is -3.38. The van der Waals surface area contributed by atoms with Crippen LogP contribution in [0.3, 0.4) is 0 Å². The molecular weight excluding hydrogens is 446 g/mol. The zero-order valence-electron chi connectivity index (χ0n) is 17.2. The first-order chi connectivity index (χ1) is 14.7. The first-order valence-electron chi connectivity index (χ1n) is 10.2. The second-order valence-corrected chi connectivity index (χ2v) is 10.3. The summed E-state index contributed by atoms with van der Waals surface area (Å²) in [6.07, 6.45) is 1.15. The van der Waals surface area contributed by atoms with Gasteiger partial charge in [-0.15, -0.1) is 0 Å². The Morgan fingerprint density at radius 1 is 1.10 bits per heavy atom. The van der Waals surface area contributed by atoms with Crippen LogP contribution >= 0.6 is 11.6 Å². The SMILES string of the molecule is CCCS(=O)(=O)N1CCC(CNC(=O)c2c(F)cccc2Cl)(c2ccccc2F)CC1. The molecule has 31 heavy (non-hydrogen) atoms. The van der Waals surface area contributed by atoms with E-state index in [2.05, 4.69) is 5.32 Å². The molecule has 1 aliphatic heterocycles. The van der Waals surface area contributed by atoms with Crippen molar-refractivity contribution < 1.29 is 22.0 Å². The molecule has 0 aliphatic carbocycles. The normalized spacial score (nSPS) is 16.8. The summed E-state index contributed by atoms with van der Waals surface area (Å²) in [7, 11) is -3.38. The molecule has 0 spiro atoms. The third-order valence-electron chi connectivity index (χ3n) is 5.76. The number of hydrogen-bond acceptors (Lipinski definition) is 3.